The summed E-state index contributed by atoms with van der Waals surface area (Å²) in [5, 5.41) is 0. The van der Waals surface area contributed by atoms with Crippen molar-refractivity contribution in [3.63, 3.8) is 0 Å². The molecule has 0 aromatic rings. The van der Waals surface area contributed by atoms with Gasteiger partial charge >= 0.3 is 9.28 Å². The SMILES string of the molecule is CCC(C[Si](OC)OC)N(C)C. The largest absolute Gasteiger partial charge is 0.397 e. The smallest absolute Gasteiger partial charge is 0.385 e. The molecule has 12 heavy (non-hydrogen) atoms. The van der Waals surface area contributed by atoms with Gasteiger partial charge in [0.05, 0.1) is 0 Å². The number of rotatable bonds is 6. The summed E-state index contributed by atoms with van der Waals surface area (Å²) < 4.78 is 10.5. The second kappa shape index (κ2) is 6.60. The van der Waals surface area contributed by atoms with Crippen molar-refractivity contribution in [1.82, 2.24) is 4.90 Å². The Morgan fingerprint density at radius 2 is 1.75 bits per heavy atom. The highest BCUT2D eigenvalue weighted by atomic mass is 28.3. The van der Waals surface area contributed by atoms with Crippen LogP contribution >= 0.6 is 0 Å². The second-order valence-corrected chi connectivity index (χ2v) is 4.98. The van der Waals surface area contributed by atoms with Crippen LogP contribution in [0.5, 0.6) is 0 Å². The van der Waals surface area contributed by atoms with Crippen LogP contribution in [0.2, 0.25) is 6.04 Å². The Morgan fingerprint density at radius 3 is 2.00 bits per heavy atom. The summed E-state index contributed by atoms with van der Waals surface area (Å²) in [7, 11) is 6.62. The first kappa shape index (κ1) is 12.1. The van der Waals surface area contributed by atoms with Crippen molar-refractivity contribution < 1.29 is 8.85 Å². The van der Waals surface area contributed by atoms with Crippen molar-refractivity contribution in [1.29, 1.82) is 0 Å². The summed E-state index contributed by atoms with van der Waals surface area (Å²) in [6.45, 7) is 2.19. The molecular formula is C8H20NO2Si. The molecule has 0 aromatic heterocycles. The fourth-order valence-corrected chi connectivity index (χ4v) is 2.67. The Labute approximate surface area is 77.5 Å². The minimum atomic E-state index is -1.02. The van der Waals surface area contributed by atoms with E-state index in [2.05, 4.69) is 25.9 Å². The van der Waals surface area contributed by atoms with Gasteiger partial charge in [0.1, 0.15) is 0 Å². The zero-order valence-corrected chi connectivity index (χ0v) is 9.76. The fraction of sp³-hybridized carbons (Fsp3) is 1.00. The van der Waals surface area contributed by atoms with Gasteiger partial charge in [-0.3, -0.25) is 0 Å². The topological polar surface area (TPSA) is 21.7 Å². The zero-order chi connectivity index (χ0) is 9.56. The molecule has 0 amide bonds. The third-order valence-corrected chi connectivity index (χ3v) is 3.77. The van der Waals surface area contributed by atoms with E-state index in [0.717, 1.165) is 12.5 Å². The van der Waals surface area contributed by atoms with Gasteiger partial charge in [0.25, 0.3) is 0 Å². The molecule has 0 rings (SSSR count). The molecule has 0 spiro atoms. The Kier molecular flexibility index (Phi) is 6.65. The molecule has 4 heteroatoms. The van der Waals surface area contributed by atoms with E-state index in [1.165, 1.54) is 0 Å². The molecule has 73 valence electrons. The highest BCUT2D eigenvalue weighted by Crippen LogP contribution is 2.08. The van der Waals surface area contributed by atoms with Crippen molar-refractivity contribution in [3.05, 3.63) is 0 Å². The second-order valence-electron chi connectivity index (χ2n) is 3.01. The summed E-state index contributed by atoms with van der Waals surface area (Å²) >= 11 is 0. The van der Waals surface area contributed by atoms with Gasteiger partial charge in [-0.2, -0.15) is 0 Å². The lowest BCUT2D eigenvalue weighted by Crippen LogP contribution is -2.34. The Bertz CT molecular complexity index is 107. The minimum Gasteiger partial charge on any atom is -0.397 e. The maximum Gasteiger partial charge on any atom is 0.385 e. The van der Waals surface area contributed by atoms with Crippen LogP contribution in [0, 0.1) is 0 Å². The fourth-order valence-electron chi connectivity index (χ4n) is 1.13. The van der Waals surface area contributed by atoms with E-state index in [-0.39, 0.29) is 0 Å². The van der Waals surface area contributed by atoms with Crippen molar-refractivity contribution >= 4 is 9.28 Å². The van der Waals surface area contributed by atoms with Crippen LogP contribution in [-0.4, -0.2) is 48.5 Å². The molecule has 0 aromatic carbocycles. The van der Waals surface area contributed by atoms with Gasteiger partial charge in [-0.15, -0.1) is 0 Å². The summed E-state index contributed by atoms with van der Waals surface area (Å²) in [6.07, 6.45) is 1.15. The maximum atomic E-state index is 5.23. The highest BCUT2D eigenvalue weighted by Gasteiger charge is 2.19. The van der Waals surface area contributed by atoms with Gasteiger partial charge in [0.2, 0.25) is 0 Å². The molecular weight excluding hydrogens is 170 g/mol. The monoisotopic (exact) mass is 190 g/mol. The molecule has 3 nitrogen and oxygen atoms in total. The van der Waals surface area contributed by atoms with Gasteiger partial charge < -0.3 is 13.8 Å². The first-order valence-corrected chi connectivity index (χ1v) is 5.78. The van der Waals surface area contributed by atoms with Crippen molar-refractivity contribution in [3.8, 4) is 0 Å². The summed E-state index contributed by atoms with van der Waals surface area (Å²) in [6, 6.07) is 1.61. The van der Waals surface area contributed by atoms with E-state index >= 15 is 0 Å². The summed E-state index contributed by atoms with van der Waals surface area (Å²) in [4.78, 5) is 2.22. The van der Waals surface area contributed by atoms with Gasteiger partial charge in [0.15, 0.2) is 0 Å². The third kappa shape index (κ3) is 4.20. The van der Waals surface area contributed by atoms with Crippen molar-refractivity contribution in [2.45, 2.75) is 25.4 Å². The van der Waals surface area contributed by atoms with Gasteiger partial charge in [-0.05, 0) is 20.5 Å². The van der Waals surface area contributed by atoms with Gasteiger partial charge in [-0.25, -0.2) is 0 Å². The summed E-state index contributed by atoms with van der Waals surface area (Å²) in [5.41, 5.74) is 0. The van der Waals surface area contributed by atoms with E-state index in [1.807, 2.05) is 0 Å². The first-order chi connectivity index (χ1) is 5.65. The normalized spacial score (nSPS) is 14.2. The van der Waals surface area contributed by atoms with Crippen molar-refractivity contribution in [2.24, 2.45) is 0 Å². The average molecular weight is 190 g/mol. The van der Waals surface area contributed by atoms with Crippen LogP contribution < -0.4 is 0 Å². The standard InChI is InChI=1S/C8H20NO2Si/c1-6-8(9(2)3)7-12(10-4)11-5/h8H,6-7H2,1-5H3. The highest BCUT2D eigenvalue weighted by molar-refractivity contribution is 6.44. The Morgan fingerprint density at radius 1 is 1.25 bits per heavy atom. The lowest BCUT2D eigenvalue weighted by molar-refractivity contribution is 0.244. The molecule has 0 aliphatic rings. The van der Waals surface area contributed by atoms with Crippen LogP contribution in [0.3, 0.4) is 0 Å². The number of hydrogen-bond acceptors (Lipinski definition) is 3. The molecule has 0 bridgehead atoms. The van der Waals surface area contributed by atoms with E-state index in [1.54, 1.807) is 14.2 Å². The lowest BCUT2D eigenvalue weighted by atomic mass is 10.2. The van der Waals surface area contributed by atoms with Crippen molar-refractivity contribution in [2.75, 3.05) is 28.3 Å². The molecule has 0 fully saturated rings. The average Bonchev–Trinajstić information content (AvgIpc) is 2.06. The first-order valence-electron chi connectivity index (χ1n) is 4.25. The van der Waals surface area contributed by atoms with Gasteiger partial charge in [0, 0.05) is 26.3 Å². The minimum absolute atomic E-state index is 0.582. The molecule has 0 saturated carbocycles. The molecule has 0 saturated heterocycles. The third-order valence-electron chi connectivity index (χ3n) is 2.06. The van der Waals surface area contributed by atoms with Crippen LogP contribution in [0.1, 0.15) is 13.3 Å². The van der Waals surface area contributed by atoms with E-state index in [9.17, 15) is 0 Å². The molecule has 0 N–H and O–H groups in total. The number of nitrogens with zero attached hydrogens (tertiary/aromatic N) is 1. The lowest BCUT2D eigenvalue weighted by Gasteiger charge is -2.24. The molecule has 1 unspecified atom stereocenters. The van der Waals surface area contributed by atoms with Crippen LogP contribution in [0.4, 0.5) is 0 Å². The molecule has 0 aliphatic heterocycles. The maximum absolute atomic E-state index is 5.23. The van der Waals surface area contributed by atoms with Crippen LogP contribution in [0.15, 0.2) is 0 Å². The van der Waals surface area contributed by atoms with E-state index in [0.29, 0.717) is 6.04 Å². The Balaban J connectivity index is 3.82. The molecule has 1 radical (unpaired) electrons. The predicted molar refractivity (Wildman–Crippen MR) is 52.3 cm³/mol. The van der Waals surface area contributed by atoms with Gasteiger partial charge in [-0.1, -0.05) is 6.92 Å². The Hall–Kier alpha value is 0.0969. The molecule has 1 atom stereocenters. The van der Waals surface area contributed by atoms with E-state index in [4.69, 9.17) is 8.85 Å². The van der Waals surface area contributed by atoms with E-state index < -0.39 is 9.28 Å². The summed E-state index contributed by atoms with van der Waals surface area (Å²) in [5.74, 6) is 0. The number of hydrogen-bond donors (Lipinski definition) is 0. The molecule has 0 aliphatic carbocycles. The van der Waals surface area contributed by atoms with Crippen LogP contribution in [-0.2, 0) is 8.85 Å². The predicted octanol–water partition coefficient (Wildman–Crippen LogP) is 1.11. The molecule has 0 heterocycles. The zero-order valence-electron chi connectivity index (χ0n) is 8.76. The quantitative estimate of drug-likeness (QED) is 0.586. The van der Waals surface area contributed by atoms with Crippen LogP contribution in [0.25, 0.3) is 0 Å².